The molecular weight excluding hydrogens is 266 g/mol. The topological polar surface area (TPSA) is 105 Å². The summed E-state index contributed by atoms with van der Waals surface area (Å²) in [7, 11) is 2.85. The lowest BCUT2D eigenvalue weighted by molar-refractivity contribution is -0.150. The van der Waals surface area contributed by atoms with E-state index in [0.717, 1.165) is 0 Å². The molecule has 0 unspecified atom stereocenters. The fraction of sp³-hybridized carbons (Fsp3) is 0.385. The number of rotatable bonds is 6. The van der Waals surface area contributed by atoms with Gasteiger partial charge in [0.1, 0.15) is 0 Å². The van der Waals surface area contributed by atoms with Crippen LogP contribution in [0.3, 0.4) is 0 Å². The first-order chi connectivity index (χ1) is 9.41. The first-order valence-corrected chi connectivity index (χ1v) is 5.76. The highest BCUT2D eigenvalue weighted by Crippen LogP contribution is 2.32. The van der Waals surface area contributed by atoms with Crippen molar-refractivity contribution in [2.75, 3.05) is 20.8 Å². The van der Waals surface area contributed by atoms with Crippen LogP contribution < -0.4 is 14.8 Å². The van der Waals surface area contributed by atoms with Crippen LogP contribution >= 0.6 is 0 Å². The third kappa shape index (κ3) is 2.83. The SMILES string of the molecule is COc1ccc([C@@](CO)(NC(C)=O)C(=O)O)cc1OC. The first kappa shape index (κ1) is 15.8. The van der Waals surface area contributed by atoms with E-state index in [-0.39, 0.29) is 5.56 Å². The molecule has 0 aliphatic heterocycles. The molecule has 110 valence electrons. The van der Waals surface area contributed by atoms with Gasteiger partial charge in [-0.25, -0.2) is 4.79 Å². The van der Waals surface area contributed by atoms with E-state index in [2.05, 4.69) is 5.32 Å². The maximum absolute atomic E-state index is 11.5. The molecule has 1 atom stereocenters. The Bertz CT molecular complexity index is 516. The molecule has 0 fully saturated rings. The Labute approximate surface area is 116 Å². The zero-order valence-electron chi connectivity index (χ0n) is 11.5. The zero-order valence-corrected chi connectivity index (χ0v) is 11.5. The normalized spacial score (nSPS) is 13.2. The summed E-state index contributed by atoms with van der Waals surface area (Å²) in [5, 5.41) is 21.1. The Morgan fingerprint density at radius 1 is 1.25 bits per heavy atom. The van der Waals surface area contributed by atoms with Crippen molar-refractivity contribution in [1.82, 2.24) is 5.32 Å². The molecule has 1 amide bonds. The fourth-order valence-corrected chi connectivity index (χ4v) is 1.85. The number of carboxylic acids is 1. The molecule has 7 nitrogen and oxygen atoms in total. The summed E-state index contributed by atoms with van der Waals surface area (Å²) in [6, 6.07) is 4.35. The predicted octanol–water partition coefficient (Wildman–Crippen LogP) is 0.112. The van der Waals surface area contributed by atoms with Crippen LogP contribution in [-0.4, -0.2) is 42.9 Å². The largest absolute Gasteiger partial charge is 0.493 e. The van der Waals surface area contributed by atoms with Gasteiger partial charge in [-0.15, -0.1) is 0 Å². The monoisotopic (exact) mass is 283 g/mol. The second-order valence-corrected chi connectivity index (χ2v) is 4.12. The smallest absolute Gasteiger partial charge is 0.336 e. The number of nitrogens with one attached hydrogen (secondary N) is 1. The van der Waals surface area contributed by atoms with Crippen LogP contribution in [0.1, 0.15) is 12.5 Å². The summed E-state index contributed by atoms with van der Waals surface area (Å²) in [5.41, 5.74) is -1.74. The minimum absolute atomic E-state index is 0.181. The molecule has 0 heterocycles. The third-order valence-electron chi connectivity index (χ3n) is 2.87. The van der Waals surface area contributed by atoms with E-state index >= 15 is 0 Å². The highest BCUT2D eigenvalue weighted by atomic mass is 16.5. The lowest BCUT2D eigenvalue weighted by Gasteiger charge is -2.29. The average molecular weight is 283 g/mol. The first-order valence-electron chi connectivity index (χ1n) is 5.76. The maximum atomic E-state index is 11.5. The number of carbonyl (C=O) groups is 2. The van der Waals surface area contributed by atoms with Crippen molar-refractivity contribution in [3.8, 4) is 11.5 Å². The van der Waals surface area contributed by atoms with Crippen LogP contribution in [0.4, 0.5) is 0 Å². The van der Waals surface area contributed by atoms with Crippen LogP contribution in [0.5, 0.6) is 11.5 Å². The van der Waals surface area contributed by atoms with Gasteiger partial charge in [0.05, 0.1) is 20.8 Å². The third-order valence-corrected chi connectivity index (χ3v) is 2.87. The Hall–Kier alpha value is -2.28. The molecule has 1 aromatic rings. The number of carboxylic acid groups (broad SMARTS) is 1. The van der Waals surface area contributed by atoms with Crippen molar-refractivity contribution in [2.45, 2.75) is 12.5 Å². The summed E-state index contributed by atoms with van der Waals surface area (Å²) >= 11 is 0. The van der Waals surface area contributed by atoms with Gasteiger partial charge in [0.25, 0.3) is 0 Å². The van der Waals surface area contributed by atoms with Gasteiger partial charge in [0.15, 0.2) is 17.0 Å². The van der Waals surface area contributed by atoms with Crippen molar-refractivity contribution in [2.24, 2.45) is 0 Å². The quantitative estimate of drug-likeness (QED) is 0.684. The van der Waals surface area contributed by atoms with E-state index in [1.165, 1.54) is 39.3 Å². The number of benzene rings is 1. The summed E-state index contributed by atoms with van der Waals surface area (Å²) < 4.78 is 10.1. The van der Waals surface area contributed by atoms with E-state index in [1.807, 2.05) is 0 Å². The molecule has 1 rings (SSSR count). The zero-order chi connectivity index (χ0) is 15.3. The van der Waals surface area contributed by atoms with E-state index < -0.39 is 24.0 Å². The number of amides is 1. The molecule has 0 aliphatic rings. The lowest BCUT2D eigenvalue weighted by Crippen LogP contribution is -2.54. The van der Waals surface area contributed by atoms with Gasteiger partial charge in [0.2, 0.25) is 5.91 Å². The van der Waals surface area contributed by atoms with E-state index in [0.29, 0.717) is 11.5 Å². The molecule has 0 saturated carbocycles. The molecule has 3 N–H and O–H groups in total. The molecule has 0 bridgehead atoms. The summed E-state index contributed by atoms with van der Waals surface area (Å²) in [4.78, 5) is 22.7. The standard InChI is InChI=1S/C13H17NO6/c1-8(16)14-13(7-15,12(17)18)9-4-5-10(19-2)11(6-9)20-3/h4-6,15H,7H2,1-3H3,(H,14,16)(H,17,18)/t13-/m1/s1. The van der Waals surface area contributed by atoms with Crippen LogP contribution in [-0.2, 0) is 15.1 Å². The maximum Gasteiger partial charge on any atom is 0.336 e. The number of aliphatic hydroxyl groups excluding tert-OH is 1. The van der Waals surface area contributed by atoms with Crippen molar-refractivity contribution in [3.63, 3.8) is 0 Å². The minimum Gasteiger partial charge on any atom is -0.493 e. The van der Waals surface area contributed by atoms with Gasteiger partial charge in [-0.05, 0) is 17.7 Å². The Morgan fingerprint density at radius 2 is 1.85 bits per heavy atom. The highest BCUT2D eigenvalue weighted by molar-refractivity contribution is 5.87. The second-order valence-electron chi connectivity index (χ2n) is 4.12. The van der Waals surface area contributed by atoms with Gasteiger partial charge >= 0.3 is 5.97 Å². The Morgan fingerprint density at radius 3 is 2.25 bits per heavy atom. The fourth-order valence-electron chi connectivity index (χ4n) is 1.85. The van der Waals surface area contributed by atoms with Crippen LogP contribution in [0, 0.1) is 0 Å². The van der Waals surface area contributed by atoms with Gasteiger partial charge in [0, 0.05) is 6.92 Å². The molecule has 0 aromatic heterocycles. The number of aliphatic carboxylic acids is 1. The number of methoxy groups -OCH3 is 2. The minimum atomic E-state index is -1.93. The predicted molar refractivity (Wildman–Crippen MR) is 69.8 cm³/mol. The van der Waals surface area contributed by atoms with E-state index in [9.17, 15) is 19.8 Å². The number of hydrogen-bond acceptors (Lipinski definition) is 5. The van der Waals surface area contributed by atoms with E-state index in [4.69, 9.17) is 9.47 Å². The van der Waals surface area contributed by atoms with Crippen molar-refractivity contribution in [3.05, 3.63) is 23.8 Å². The lowest BCUT2D eigenvalue weighted by atomic mass is 9.90. The van der Waals surface area contributed by atoms with E-state index in [1.54, 1.807) is 0 Å². The van der Waals surface area contributed by atoms with Gasteiger partial charge in [-0.1, -0.05) is 6.07 Å². The summed E-state index contributed by atoms with van der Waals surface area (Å²) in [5.74, 6) is -1.23. The molecular formula is C13H17NO6. The number of ether oxygens (including phenoxy) is 2. The molecule has 20 heavy (non-hydrogen) atoms. The molecule has 0 saturated heterocycles. The average Bonchev–Trinajstić information content (AvgIpc) is 2.43. The van der Waals surface area contributed by atoms with Gasteiger partial charge in [-0.2, -0.15) is 0 Å². The number of hydrogen-bond donors (Lipinski definition) is 3. The van der Waals surface area contributed by atoms with Crippen LogP contribution in [0.25, 0.3) is 0 Å². The Kier molecular flexibility index (Phi) is 4.93. The highest BCUT2D eigenvalue weighted by Gasteiger charge is 2.41. The Balaban J connectivity index is 3.41. The number of carbonyl (C=O) groups excluding carboxylic acids is 1. The number of aliphatic hydroxyl groups is 1. The molecule has 0 aliphatic carbocycles. The van der Waals surface area contributed by atoms with Crippen LogP contribution in [0.15, 0.2) is 18.2 Å². The molecule has 0 spiro atoms. The molecule has 1 aromatic carbocycles. The molecule has 7 heteroatoms. The second kappa shape index (κ2) is 6.25. The van der Waals surface area contributed by atoms with Crippen molar-refractivity contribution < 1.29 is 29.3 Å². The van der Waals surface area contributed by atoms with Crippen LogP contribution in [0.2, 0.25) is 0 Å². The summed E-state index contributed by atoms with van der Waals surface area (Å²) in [6.07, 6.45) is 0. The summed E-state index contributed by atoms with van der Waals surface area (Å²) in [6.45, 7) is 0.380. The van der Waals surface area contributed by atoms with Crippen molar-refractivity contribution >= 4 is 11.9 Å². The van der Waals surface area contributed by atoms with Crippen molar-refractivity contribution in [1.29, 1.82) is 0 Å². The van der Waals surface area contributed by atoms with Gasteiger partial charge in [-0.3, -0.25) is 4.79 Å². The van der Waals surface area contributed by atoms with Gasteiger partial charge < -0.3 is 25.0 Å². The molecule has 0 radical (unpaired) electrons.